The maximum Gasteiger partial charge on any atom is 0.405 e. The number of carbonyl (C=O) groups excluding carboxylic acids is 2. The Morgan fingerprint density at radius 3 is 2.40 bits per heavy atom. The molecule has 208 valence electrons. The predicted octanol–water partition coefficient (Wildman–Crippen LogP) is 5.39. The van der Waals surface area contributed by atoms with Gasteiger partial charge in [0, 0.05) is 47.9 Å². The lowest BCUT2D eigenvalue weighted by Gasteiger charge is -2.32. The predicted molar refractivity (Wildman–Crippen MR) is 141 cm³/mol. The molecule has 4 aromatic rings. The summed E-state index contributed by atoms with van der Waals surface area (Å²) in [5, 5.41) is 7.22. The molecule has 0 radical (unpaired) electrons. The number of pyridine rings is 1. The second-order valence-corrected chi connectivity index (χ2v) is 9.99. The quantitative estimate of drug-likeness (QED) is 0.325. The summed E-state index contributed by atoms with van der Waals surface area (Å²) in [5.74, 6) is -0.936. The standard InChI is InChI=1S/C29H27F4N5O2/c1-18-23(27(39)35-17-29(31,32)33)7-9-26-24(18)16-38(36-26)15-19-10-12-37(13-11-19)28(40)21-4-2-20(3-5-21)25-8-6-22(30)14-34-25/h2-9,14,16,19H,10-13,15,17H2,1H3,(H,35,39). The van der Waals surface area contributed by atoms with Gasteiger partial charge in [0.25, 0.3) is 11.8 Å². The summed E-state index contributed by atoms with van der Waals surface area (Å²) >= 11 is 0. The highest BCUT2D eigenvalue weighted by Gasteiger charge is 2.28. The van der Waals surface area contributed by atoms with E-state index in [1.165, 1.54) is 12.1 Å². The SMILES string of the molecule is Cc1c(C(=O)NCC(F)(F)F)ccc2nn(CC3CCN(C(=O)c4ccc(-c5ccc(F)cn5)cc4)CC3)cc12. The number of hydrogen-bond donors (Lipinski definition) is 1. The minimum absolute atomic E-state index is 0.0474. The van der Waals surface area contributed by atoms with Crippen LogP contribution in [-0.4, -0.2) is 57.3 Å². The van der Waals surface area contributed by atoms with Crippen molar-refractivity contribution in [2.24, 2.45) is 5.92 Å². The maximum absolute atomic E-state index is 13.1. The first-order chi connectivity index (χ1) is 19.1. The van der Waals surface area contributed by atoms with Crippen molar-refractivity contribution in [3.05, 3.63) is 83.4 Å². The van der Waals surface area contributed by atoms with Crippen LogP contribution in [0.2, 0.25) is 0 Å². The molecular weight excluding hydrogens is 526 g/mol. The van der Waals surface area contributed by atoms with Crippen molar-refractivity contribution in [1.82, 2.24) is 25.0 Å². The number of halogens is 4. The van der Waals surface area contributed by atoms with Crippen molar-refractivity contribution in [1.29, 1.82) is 0 Å². The van der Waals surface area contributed by atoms with Crippen LogP contribution in [-0.2, 0) is 6.54 Å². The fourth-order valence-electron chi connectivity index (χ4n) is 4.99. The number of alkyl halides is 3. The molecule has 1 N–H and O–H groups in total. The van der Waals surface area contributed by atoms with Gasteiger partial charge in [-0.1, -0.05) is 12.1 Å². The molecule has 0 bridgehead atoms. The van der Waals surface area contributed by atoms with Crippen LogP contribution in [0.15, 0.2) is 60.9 Å². The number of aryl methyl sites for hydroxylation is 1. The van der Waals surface area contributed by atoms with Gasteiger partial charge in [0.15, 0.2) is 0 Å². The van der Waals surface area contributed by atoms with E-state index in [4.69, 9.17) is 0 Å². The number of piperidine rings is 1. The number of likely N-dealkylation sites (tertiary alicyclic amines) is 1. The third-order valence-electron chi connectivity index (χ3n) is 7.20. The molecule has 1 aliphatic rings. The van der Waals surface area contributed by atoms with Crippen LogP contribution in [0.25, 0.3) is 22.2 Å². The number of hydrogen-bond acceptors (Lipinski definition) is 4. The lowest BCUT2D eigenvalue weighted by Crippen LogP contribution is -2.39. The van der Waals surface area contributed by atoms with Crippen molar-refractivity contribution in [3.8, 4) is 11.3 Å². The average molecular weight is 554 g/mol. The summed E-state index contributed by atoms with van der Waals surface area (Å²) < 4.78 is 52.4. The highest BCUT2D eigenvalue weighted by Crippen LogP contribution is 2.25. The van der Waals surface area contributed by atoms with E-state index in [-0.39, 0.29) is 11.5 Å². The van der Waals surface area contributed by atoms with E-state index >= 15 is 0 Å². The lowest BCUT2D eigenvalue weighted by molar-refractivity contribution is -0.123. The summed E-state index contributed by atoms with van der Waals surface area (Å²) in [6.45, 7) is 2.15. The third kappa shape index (κ3) is 6.13. The van der Waals surface area contributed by atoms with Gasteiger partial charge in [-0.15, -0.1) is 0 Å². The fraction of sp³-hybridized carbons (Fsp3) is 0.310. The number of nitrogens with one attached hydrogen (secondary N) is 1. The Balaban J connectivity index is 1.18. The molecule has 2 aromatic heterocycles. The van der Waals surface area contributed by atoms with Gasteiger partial charge >= 0.3 is 6.18 Å². The number of aromatic nitrogens is 3. The molecule has 40 heavy (non-hydrogen) atoms. The Bertz CT molecular complexity index is 1520. The maximum atomic E-state index is 13.1. The first-order valence-electron chi connectivity index (χ1n) is 12.9. The zero-order chi connectivity index (χ0) is 28.4. The Morgan fingerprint density at radius 1 is 1.02 bits per heavy atom. The first-order valence-corrected chi connectivity index (χ1v) is 12.9. The van der Waals surface area contributed by atoms with E-state index in [2.05, 4.69) is 10.1 Å². The molecule has 2 amide bonds. The van der Waals surface area contributed by atoms with Gasteiger partial charge in [0.1, 0.15) is 12.4 Å². The Hall–Kier alpha value is -4.28. The number of fused-ring (bicyclic) bond motifs is 1. The van der Waals surface area contributed by atoms with Crippen LogP contribution >= 0.6 is 0 Å². The Labute approximate surface area is 227 Å². The average Bonchev–Trinajstić information content (AvgIpc) is 3.35. The van der Waals surface area contributed by atoms with Crippen molar-refractivity contribution < 1.29 is 27.2 Å². The fourth-order valence-corrected chi connectivity index (χ4v) is 4.99. The van der Waals surface area contributed by atoms with Gasteiger partial charge in [-0.3, -0.25) is 19.3 Å². The minimum Gasteiger partial charge on any atom is -0.343 e. The van der Waals surface area contributed by atoms with Gasteiger partial charge in [-0.2, -0.15) is 18.3 Å². The van der Waals surface area contributed by atoms with Crippen LogP contribution in [0.4, 0.5) is 17.6 Å². The Kier molecular flexibility index (Phi) is 7.55. The van der Waals surface area contributed by atoms with Crippen molar-refractivity contribution in [2.75, 3.05) is 19.6 Å². The minimum atomic E-state index is -4.48. The zero-order valence-electron chi connectivity index (χ0n) is 21.7. The second kappa shape index (κ2) is 11.1. The molecule has 0 spiro atoms. The van der Waals surface area contributed by atoms with Gasteiger partial charge in [0.2, 0.25) is 0 Å². The molecule has 7 nitrogen and oxygen atoms in total. The number of benzene rings is 2. The summed E-state index contributed by atoms with van der Waals surface area (Å²) in [6, 6.07) is 13.2. The van der Waals surface area contributed by atoms with E-state index in [1.54, 1.807) is 48.0 Å². The normalized spacial score (nSPS) is 14.5. The molecule has 2 aromatic carbocycles. The topological polar surface area (TPSA) is 80.1 Å². The van der Waals surface area contributed by atoms with Crippen molar-refractivity contribution >= 4 is 22.7 Å². The molecule has 0 saturated carbocycles. The second-order valence-electron chi connectivity index (χ2n) is 9.99. The van der Waals surface area contributed by atoms with Gasteiger partial charge in [-0.25, -0.2) is 4.39 Å². The lowest BCUT2D eigenvalue weighted by atomic mass is 9.96. The van der Waals surface area contributed by atoms with E-state index in [1.807, 2.05) is 16.4 Å². The molecule has 11 heteroatoms. The largest absolute Gasteiger partial charge is 0.405 e. The zero-order valence-corrected chi connectivity index (χ0v) is 21.7. The summed E-state index contributed by atoms with van der Waals surface area (Å²) in [5.41, 5.74) is 3.43. The Morgan fingerprint density at radius 2 is 1.75 bits per heavy atom. The molecule has 1 fully saturated rings. The van der Waals surface area contributed by atoms with Crippen LogP contribution < -0.4 is 5.32 Å². The number of nitrogens with zero attached hydrogens (tertiary/aromatic N) is 4. The number of rotatable bonds is 6. The molecule has 3 heterocycles. The van der Waals surface area contributed by atoms with Gasteiger partial charge in [0.05, 0.1) is 17.4 Å². The molecule has 5 rings (SSSR count). The van der Waals surface area contributed by atoms with Crippen LogP contribution in [0, 0.1) is 18.7 Å². The van der Waals surface area contributed by atoms with Crippen LogP contribution in [0.5, 0.6) is 0 Å². The molecule has 1 aliphatic heterocycles. The van der Waals surface area contributed by atoms with E-state index < -0.39 is 24.4 Å². The summed E-state index contributed by atoms with van der Waals surface area (Å²) in [4.78, 5) is 31.2. The smallest absolute Gasteiger partial charge is 0.343 e. The monoisotopic (exact) mass is 553 g/mol. The molecule has 0 atom stereocenters. The molecule has 0 unspecified atom stereocenters. The number of carbonyl (C=O) groups is 2. The van der Waals surface area contributed by atoms with E-state index in [9.17, 15) is 27.2 Å². The first kappa shape index (κ1) is 27.3. The van der Waals surface area contributed by atoms with E-state index in [0.717, 1.165) is 24.6 Å². The molecule has 0 aliphatic carbocycles. The van der Waals surface area contributed by atoms with Gasteiger partial charge < -0.3 is 10.2 Å². The highest BCUT2D eigenvalue weighted by molar-refractivity contribution is 6.00. The number of amides is 2. The van der Waals surface area contributed by atoms with Crippen LogP contribution in [0.1, 0.15) is 39.1 Å². The van der Waals surface area contributed by atoms with Crippen LogP contribution in [0.3, 0.4) is 0 Å². The third-order valence-corrected chi connectivity index (χ3v) is 7.20. The summed E-state index contributed by atoms with van der Waals surface area (Å²) in [6.07, 6.45) is 0.0872. The van der Waals surface area contributed by atoms with Crippen molar-refractivity contribution in [3.63, 3.8) is 0 Å². The van der Waals surface area contributed by atoms with Gasteiger partial charge in [-0.05, 0) is 67.6 Å². The highest BCUT2D eigenvalue weighted by atomic mass is 19.4. The summed E-state index contributed by atoms with van der Waals surface area (Å²) in [7, 11) is 0. The molecular formula is C29H27F4N5O2. The van der Waals surface area contributed by atoms with Crippen molar-refractivity contribution in [2.45, 2.75) is 32.5 Å². The van der Waals surface area contributed by atoms with E-state index in [0.29, 0.717) is 53.3 Å². The molecule has 1 saturated heterocycles.